The lowest BCUT2D eigenvalue weighted by molar-refractivity contribution is -0.117. The predicted octanol–water partition coefficient (Wildman–Crippen LogP) is 6.00. The van der Waals surface area contributed by atoms with E-state index in [1.807, 2.05) is 23.1 Å². The van der Waals surface area contributed by atoms with Crippen molar-refractivity contribution in [2.24, 2.45) is 4.99 Å². The number of para-hydroxylation sites is 1. The first-order valence-electron chi connectivity index (χ1n) is 9.80. The molecule has 0 aromatic heterocycles. The molecule has 3 nitrogen and oxygen atoms in total. The molecule has 0 saturated heterocycles. The predicted molar refractivity (Wildman–Crippen MR) is 128 cm³/mol. The lowest BCUT2D eigenvalue weighted by Crippen LogP contribution is -2.56. The average molecular weight is 445 g/mol. The molecule has 2 aromatic carbocycles. The first-order valence-corrected chi connectivity index (χ1v) is 12.1. The van der Waals surface area contributed by atoms with E-state index in [1.54, 1.807) is 23.5 Å². The van der Waals surface area contributed by atoms with Crippen molar-refractivity contribution in [2.45, 2.75) is 38.1 Å². The summed E-state index contributed by atoms with van der Waals surface area (Å²) in [4.78, 5) is 19.8. The van der Waals surface area contributed by atoms with E-state index in [1.165, 1.54) is 11.1 Å². The third kappa shape index (κ3) is 3.97. The quantitative estimate of drug-likeness (QED) is 0.582. The fraction of sp³-hybridized carbons (Fsp3) is 0.391. The molecular formula is C23H25ClN2OS2. The van der Waals surface area contributed by atoms with Crippen molar-refractivity contribution in [2.75, 3.05) is 23.0 Å². The number of carbonyl (C=O) groups is 1. The maximum absolute atomic E-state index is 13.3. The number of fused-ring (bicyclic) bond motifs is 1. The third-order valence-corrected chi connectivity index (χ3v) is 8.23. The Morgan fingerprint density at radius 3 is 2.59 bits per heavy atom. The van der Waals surface area contributed by atoms with Gasteiger partial charge >= 0.3 is 0 Å². The minimum Gasteiger partial charge on any atom is -0.306 e. The molecular weight excluding hydrogens is 420 g/mol. The molecule has 0 N–H and O–H groups in total. The van der Waals surface area contributed by atoms with E-state index in [4.69, 9.17) is 11.6 Å². The SMILES string of the molecule is CC1(C)C[C@@](C)(c2ccc(Cl)cc2)c2ccccc2N1C(=O)CSC1=NCCS1. The molecule has 0 spiro atoms. The van der Waals surface area contributed by atoms with Crippen molar-refractivity contribution < 1.29 is 4.79 Å². The molecule has 0 unspecified atom stereocenters. The molecule has 2 heterocycles. The Kier molecular flexibility index (Phi) is 5.75. The van der Waals surface area contributed by atoms with Crippen LogP contribution < -0.4 is 4.90 Å². The summed E-state index contributed by atoms with van der Waals surface area (Å²) >= 11 is 9.45. The van der Waals surface area contributed by atoms with Crippen molar-refractivity contribution >= 4 is 51.1 Å². The standard InChI is InChI=1S/C23H25ClN2OS2/c1-22(2)15-23(3,16-8-10-17(24)11-9-16)18-6-4-5-7-19(18)26(22)20(27)14-29-21-25-12-13-28-21/h4-11H,12-15H2,1-3H3/t23-/m0/s1. The first kappa shape index (κ1) is 20.8. The molecule has 6 heteroatoms. The maximum atomic E-state index is 13.3. The average Bonchev–Trinajstić information content (AvgIpc) is 3.20. The van der Waals surface area contributed by atoms with Gasteiger partial charge in [0.1, 0.15) is 4.38 Å². The summed E-state index contributed by atoms with van der Waals surface area (Å²) in [7, 11) is 0. The summed E-state index contributed by atoms with van der Waals surface area (Å²) in [5, 5.41) is 0.738. The highest BCUT2D eigenvalue weighted by Crippen LogP contribution is 2.50. The number of halogens is 1. The van der Waals surface area contributed by atoms with E-state index in [0.717, 1.165) is 33.8 Å². The van der Waals surface area contributed by atoms with Crippen molar-refractivity contribution in [1.82, 2.24) is 0 Å². The highest BCUT2D eigenvalue weighted by Gasteiger charge is 2.47. The fourth-order valence-electron chi connectivity index (χ4n) is 4.64. The summed E-state index contributed by atoms with van der Waals surface area (Å²) < 4.78 is 1.03. The van der Waals surface area contributed by atoms with Gasteiger partial charge in [-0.25, -0.2) is 0 Å². The number of anilines is 1. The summed E-state index contributed by atoms with van der Waals surface area (Å²) in [5.74, 6) is 1.58. The number of hydrogen-bond donors (Lipinski definition) is 0. The van der Waals surface area contributed by atoms with E-state index in [0.29, 0.717) is 5.75 Å². The molecule has 29 heavy (non-hydrogen) atoms. The molecule has 2 aliphatic heterocycles. The zero-order valence-electron chi connectivity index (χ0n) is 16.9. The lowest BCUT2D eigenvalue weighted by Gasteiger charge is -2.51. The number of rotatable bonds is 3. The minimum absolute atomic E-state index is 0.140. The van der Waals surface area contributed by atoms with Crippen LogP contribution in [0.5, 0.6) is 0 Å². The van der Waals surface area contributed by atoms with Gasteiger partial charge in [-0.3, -0.25) is 9.79 Å². The molecule has 2 aromatic rings. The summed E-state index contributed by atoms with van der Waals surface area (Å²) in [6.45, 7) is 7.47. The van der Waals surface area contributed by atoms with Crippen molar-refractivity contribution in [3.05, 3.63) is 64.7 Å². The number of thioether (sulfide) groups is 2. The van der Waals surface area contributed by atoms with Crippen LogP contribution in [0.25, 0.3) is 0 Å². The molecule has 0 bridgehead atoms. The fourth-order valence-corrected chi connectivity index (χ4v) is 6.62. The normalized spacial score (nSPS) is 22.9. The maximum Gasteiger partial charge on any atom is 0.237 e. The number of carbonyl (C=O) groups excluding carboxylic acids is 1. The molecule has 0 radical (unpaired) electrons. The third-order valence-electron chi connectivity index (χ3n) is 5.74. The van der Waals surface area contributed by atoms with Crippen LogP contribution in [0, 0.1) is 0 Å². The molecule has 1 atom stereocenters. The van der Waals surface area contributed by atoms with Crippen LogP contribution in [0.3, 0.4) is 0 Å². The van der Waals surface area contributed by atoms with Gasteiger partial charge < -0.3 is 4.90 Å². The molecule has 0 aliphatic carbocycles. The summed E-state index contributed by atoms with van der Waals surface area (Å²) in [5.41, 5.74) is 2.91. The van der Waals surface area contributed by atoms with Crippen LogP contribution >= 0.6 is 35.1 Å². The Labute approximate surface area is 186 Å². The molecule has 1 amide bonds. The van der Waals surface area contributed by atoms with Gasteiger partial charge in [0.15, 0.2) is 0 Å². The van der Waals surface area contributed by atoms with E-state index >= 15 is 0 Å². The van der Waals surface area contributed by atoms with Crippen LogP contribution in [0.2, 0.25) is 5.02 Å². The van der Waals surface area contributed by atoms with Gasteiger partial charge in [-0.15, -0.1) is 0 Å². The van der Waals surface area contributed by atoms with Crippen LogP contribution in [-0.4, -0.2) is 33.9 Å². The zero-order chi connectivity index (χ0) is 20.6. The smallest absolute Gasteiger partial charge is 0.237 e. The van der Waals surface area contributed by atoms with Crippen molar-refractivity contribution in [3.63, 3.8) is 0 Å². The van der Waals surface area contributed by atoms with Crippen molar-refractivity contribution in [1.29, 1.82) is 0 Å². The van der Waals surface area contributed by atoms with Crippen LogP contribution in [0.4, 0.5) is 5.69 Å². The highest BCUT2D eigenvalue weighted by atomic mass is 35.5. The molecule has 0 saturated carbocycles. The largest absolute Gasteiger partial charge is 0.306 e. The van der Waals surface area contributed by atoms with Gasteiger partial charge in [0.25, 0.3) is 0 Å². The van der Waals surface area contributed by atoms with Crippen LogP contribution in [0.15, 0.2) is 53.5 Å². The van der Waals surface area contributed by atoms with Crippen molar-refractivity contribution in [3.8, 4) is 0 Å². The lowest BCUT2D eigenvalue weighted by atomic mass is 9.65. The van der Waals surface area contributed by atoms with Gasteiger partial charge in [0, 0.05) is 27.4 Å². The number of nitrogens with zero attached hydrogens (tertiary/aromatic N) is 2. The van der Waals surface area contributed by atoms with Crippen LogP contribution in [0.1, 0.15) is 38.3 Å². The Hall–Kier alpha value is -1.43. The van der Waals surface area contributed by atoms with E-state index in [9.17, 15) is 4.79 Å². The van der Waals surface area contributed by atoms with Crippen LogP contribution in [-0.2, 0) is 10.2 Å². The first-order chi connectivity index (χ1) is 13.8. The Morgan fingerprint density at radius 2 is 1.90 bits per heavy atom. The summed E-state index contributed by atoms with van der Waals surface area (Å²) in [6, 6.07) is 16.4. The van der Waals surface area contributed by atoms with Gasteiger partial charge in [0.2, 0.25) is 5.91 Å². The monoisotopic (exact) mass is 444 g/mol. The second kappa shape index (κ2) is 8.01. The Morgan fingerprint density at radius 1 is 1.17 bits per heavy atom. The van der Waals surface area contributed by atoms with E-state index in [2.05, 4.69) is 56.1 Å². The highest BCUT2D eigenvalue weighted by molar-refractivity contribution is 8.39. The van der Waals surface area contributed by atoms with E-state index in [-0.39, 0.29) is 16.9 Å². The topological polar surface area (TPSA) is 32.7 Å². The van der Waals surface area contributed by atoms with Gasteiger partial charge in [0.05, 0.1) is 12.3 Å². The molecule has 2 aliphatic rings. The number of hydrogen-bond acceptors (Lipinski definition) is 4. The van der Waals surface area contributed by atoms with Gasteiger partial charge in [-0.05, 0) is 49.6 Å². The minimum atomic E-state index is -0.314. The summed E-state index contributed by atoms with van der Waals surface area (Å²) in [6.07, 6.45) is 0.838. The zero-order valence-corrected chi connectivity index (χ0v) is 19.3. The molecule has 4 rings (SSSR count). The second-order valence-corrected chi connectivity index (χ2v) is 11.1. The van der Waals surface area contributed by atoms with E-state index < -0.39 is 0 Å². The Bertz CT molecular complexity index is 958. The van der Waals surface area contributed by atoms with Gasteiger partial charge in [-0.2, -0.15) is 0 Å². The number of benzene rings is 2. The number of amides is 1. The second-order valence-electron chi connectivity index (χ2n) is 8.36. The van der Waals surface area contributed by atoms with Gasteiger partial charge in [-0.1, -0.05) is 72.4 Å². The molecule has 0 fully saturated rings. The molecule has 152 valence electrons. The number of aliphatic imine (C=N–C) groups is 1. The Balaban J connectivity index is 1.71.